The van der Waals surface area contributed by atoms with Gasteiger partial charge in [0.05, 0.1) is 4.92 Å². The molecule has 0 fully saturated rings. The van der Waals surface area contributed by atoms with Gasteiger partial charge in [0.1, 0.15) is 0 Å². The van der Waals surface area contributed by atoms with Gasteiger partial charge < -0.3 is 5.11 Å². The third kappa shape index (κ3) is 2.50. The summed E-state index contributed by atoms with van der Waals surface area (Å²) in [4.78, 5) is 10.1. The Bertz CT molecular complexity index is 327. The molecular formula is C8H8BrNO3. The van der Waals surface area contributed by atoms with Crippen LogP contribution in [0.2, 0.25) is 0 Å². The van der Waals surface area contributed by atoms with Gasteiger partial charge in [0.25, 0.3) is 5.69 Å². The summed E-state index contributed by atoms with van der Waals surface area (Å²) in [5.41, 5.74) is 0.596. The van der Waals surface area contributed by atoms with Gasteiger partial charge in [-0.25, -0.2) is 0 Å². The molecule has 0 radical (unpaired) electrons. The lowest BCUT2D eigenvalue weighted by Crippen LogP contribution is -1.97. The van der Waals surface area contributed by atoms with Gasteiger partial charge in [-0.2, -0.15) is 0 Å². The summed E-state index contributed by atoms with van der Waals surface area (Å²) < 4.78 is 0.667. The van der Waals surface area contributed by atoms with E-state index in [-0.39, 0.29) is 12.3 Å². The fourth-order valence-electron chi connectivity index (χ4n) is 1.04. The zero-order chi connectivity index (χ0) is 9.84. The molecule has 13 heavy (non-hydrogen) atoms. The number of nitrogens with zero attached hydrogens (tertiary/aromatic N) is 1. The third-order valence-electron chi connectivity index (χ3n) is 1.63. The number of hydrogen-bond donors (Lipinski definition) is 1. The first-order valence-electron chi connectivity index (χ1n) is 3.69. The van der Waals surface area contributed by atoms with Crippen molar-refractivity contribution in [2.24, 2.45) is 0 Å². The molecule has 5 heteroatoms. The van der Waals surface area contributed by atoms with E-state index in [4.69, 9.17) is 5.11 Å². The number of benzene rings is 1. The van der Waals surface area contributed by atoms with Gasteiger partial charge in [0, 0.05) is 29.1 Å². The van der Waals surface area contributed by atoms with E-state index in [1.165, 1.54) is 6.07 Å². The summed E-state index contributed by atoms with van der Waals surface area (Å²) in [5, 5.41) is 19.2. The average molecular weight is 246 g/mol. The minimum atomic E-state index is -0.449. The molecule has 0 spiro atoms. The van der Waals surface area contributed by atoms with Gasteiger partial charge in [-0.1, -0.05) is 22.0 Å². The molecule has 1 rings (SSSR count). The number of aliphatic hydroxyl groups excluding tert-OH is 1. The third-order valence-corrected chi connectivity index (χ3v) is 2.12. The number of aliphatic hydroxyl groups is 1. The Morgan fingerprint density at radius 3 is 2.77 bits per heavy atom. The highest BCUT2D eigenvalue weighted by Crippen LogP contribution is 2.23. The van der Waals surface area contributed by atoms with Gasteiger partial charge in [0.15, 0.2) is 0 Å². The molecule has 0 saturated heterocycles. The largest absolute Gasteiger partial charge is 0.396 e. The van der Waals surface area contributed by atoms with Crippen molar-refractivity contribution < 1.29 is 10.0 Å². The number of halogens is 1. The molecule has 1 aromatic carbocycles. The lowest BCUT2D eigenvalue weighted by atomic mass is 10.1. The molecule has 0 amide bonds. The molecule has 0 aliphatic heterocycles. The Morgan fingerprint density at radius 2 is 2.23 bits per heavy atom. The normalized spacial score (nSPS) is 10.0. The average Bonchev–Trinajstić information content (AvgIpc) is 2.08. The maximum absolute atomic E-state index is 10.6. The Morgan fingerprint density at radius 1 is 1.54 bits per heavy atom. The molecule has 1 N–H and O–H groups in total. The maximum Gasteiger partial charge on any atom is 0.273 e. The van der Waals surface area contributed by atoms with Crippen molar-refractivity contribution in [1.29, 1.82) is 0 Å². The molecule has 70 valence electrons. The van der Waals surface area contributed by atoms with E-state index in [9.17, 15) is 10.1 Å². The van der Waals surface area contributed by atoms with Crippen molar-refractivity contribution in [2.45, 2.75) is 6.42 Å². The van der Waals surface area contributed by atoms with E-state index in [1.807, 2.05) is 0 Å². The van der Waals surface area contributed by atoms with E-state index in [0.29, 0.717) is 16.5 Å². The first-order chi connectivity index (χ1) is 6.15. The molecular weight excluding hydrogens is 238 g/mol. The molecule has 1 aromatic rings. The van der Waals surface area contributed by atoms with Crippen molar-refractivity contribution in [2.75, 3.05) is 6.61 Å². The lowest BCUT2D eigenvalue weighted by molar-refractivity contribution is -0.385. The van der Waals surface area contributed by atoms with Crippen molar-refractivity contribution >= 4 is 21.6 Å². The van der Waals surface area contributed by atoms with E-state index in [1.54, 1.807) is 12.1 Å². The summed E-state index contributed by atoms with van der Waals surface area (Å²) in [6.07, 6.45) is 0.309. The molecule has 0 atom stereocenters. The second-order valence-corrected chi connectivity index (χ2v) is 3.42. The van der Waals surface area contributed by atoms with E-state index < -0.39 is 4.92 Å². The van der Waals surface area contributed by atoms with E-state index in [0.717, 1.165) is 0 Å². The van der Waals surface area contributed by atoms with Crippen LogP contribution in [0.1, 0.15) is 5.56 Å². The summed E-state index contributed by atoms with van der Waals surface area (Å²) >= 11 is 3.15. The second kappa shape index (κ2) is 4.34. The van der Waals surface area contributed by atoms with Crippen LogP contribution in [0, 0.1) is 10.1 Å². The first-order valence-corrected chi connectivity index (χ1v) is 4.48. The van der Waals surface area contributed by atoms with Crippen LogP contribution < -0.4 is 0 Å². The quantitative estimate of drug-likeness (QED) is 0.654. The van der Waals surface area contributed by atoms with Crippen LogP contribution in [0.4, 0.5) is 5.69 Å². The van der Waals surface area contributed by atoms with Crippen LogP contribution in [0.25, 0.3) is 0 Å². The number of hydrogen-bond acceptors (Lipinski definition) is 3. The maximum atomic E-state index is 10.6. The van der Waals surface area contributed by atoms with Gasteiger partial charge >= 0.3 is 0 Å². The first kappa shape index (κ1) is 10.1. The minimum Gasteiger partial charge on any atom is -0.396 e. The fraction of sp³-hybridized carbons (Fsp3) is 0.250. The Kier molecular flexibility index (Phi) is 3.39. The molecule has 0 aromatic heterocycles. The summed E-state index contributed by atoms with van der Waals surface area (Å²) in [7, 11) is 0. The smallest absolute Gasteiger partial charge is 0.273 e. The van der Waals surface area contributed by atoms with Crippen LogP contribution >= 0.6 is 15.9 Å². The fourth-order valence-corrected chi connectivity index (χ4v) is 1.39. The molecule has 4 nitrogen and oxygen atoms in total. The van der Waals surface area contributed by atoms with Gasteiger partial charge in [0.2, 0.25) is 0 Å². The molecule has 0 bridgehead atoms. The van der Waals surface area contributed by atoms with Crippen LogP contribution in [-0.4, -0.2) is 16.6 Å². The second-order valence-electron chi connectivity index (χ2n) is 2.50. The van der Waals surface area contributed by atoms with Crippen LogP contribution in [-0.2, 0) is 6.42 Å². The summed E-state index contributed by atoms with van der Waals surface area (Å²) in [6.45, 7) is -0.0809. The van der Waals surface area contributed by atoms with Crippen molar-refractivity contribution in [1.82, 2.24) is 0 Å². The Labute approximate surface area is 83.5 Å². The standard InChI is InChI=1S/C8H8BrNO3/c9-7-2-1-6(3-4-11)8(5-7)10(12)13/h1-2,5,11H,3-4H2. The highest BCUT2D eigenvalue weighted by Gasteiger charge is 2.12. The molecule has 0 aliphatic rings. The highest BCUT2D eigenvalue weighted by atomic mass is 79.9. The van der Waals surface area contributed by atoms with Gasteiger partial charge in [-0.15, -0.1) is 0 Å². The van der Waals surface area contributed by atoms with E-state index in [2.05, 4.69) is 15.9 Å². The van der Waals surface area contributed by atoms with Crippen molar-refractivity contribution in [3.63, 3.8) is 0 Å². The molecule has 0 saturated carbocycles. The van der Waals surface area contributed by atoms with E-state index >= 15 is 0 Å². The monoisotopic (exact) mass is 245 g/mol. The minimum absolute atomic E-state index is 0.0448. The zero-order valence-electron chi connectivity index (χ0n) is 6.74. The predicted molar refractivity (Wildman–Crippen MR) is 51.6 cm³/mol. The topological polar surface area (TPSA) is 63.4 Å². The summed E-state index contributed by atoms with van der Waals surface area (Å²) in [6, 6.07) is 4.79. The molecule has 0 aliphatic carbocycles. The SMILES string of the molecule is O=[N+]([O-])c1cc(Br)ccc1CCO. The van der Waals surface area contributed by atoms with Crippen LogP contribution in [0.3, 0.4) is 0 Å². The van der Waals surface area contributed by atoms with Crippen LogP contribution in [0.5, 0.6) is 0 Å². The number of nitro groups is 1. The zero-order valence-corrected chi connectivity index (χ0v) is 8.32. The highest BCUT2D eigenvalue weighted by molar-refractivity contribution is 9.10. The molecule has 0 unspecified atom stereocenters. The van der Waals surface area contributed by atoms with Crippen molar-refractivity contribution in [3.8, 4) is 0 Å². The number of nitro benzene ring substituents is 1. The van der Waals surface area contributed by atoms with Gasteiger partial charge in [-0.05, 0) is 6.07 Å². The predicted octanol–water partition coefficient (Wildman–Crippen LogP) is 1.89. The number of rotatable bonds is 3. The van der Waals surface area contributed by atoms with Gasteiger partial charge in [-0.3, -0.25) is 10.1 Å². The summed E-state index contributed by atoms with van der Waals surface area (Å²) in [5.74, 6) is 0. The van der Waals surface area contributed by atoms with Crippen molar-refractivity contribution in [3.05, 3.63) is 38.3 Å². The van der Waals surface area contributed by atoms with Crippen LogP contribution in [0.15, 0.2) is 22.7 Å². The lowest BCUT2D eigenvalue weighted by Gasteiger charge is -2.00. The molecule has 0 heterocycles. The Balaban J connectivity index is 3.10. The Hall–Kier alpha value is -0.940.